The smallest absolute Gasteiger partial charge is 0.251 e. The third-order valence-corrected chi connectivity index (χ3v) is 5.87. The van der Waals surface area contributed by atoms with E-state index in [-0.39, 0.29) is 5.91 Å². The molecule has 1 N–H and O–H groups in total. The van der Waals surface area contributed by atoms with E-state index in [0.717, 1.165) is 31.1 Å². The van der Waals surface area contributed by atoms with Crippen LogP contribution in [0.25, 0.3) is 0 Å². The highest BCUT2D eigenvalue weighted by Gasteiger charge is 2.19. The van der Waals surface area contributed by atoms with Gasteiger partial charge in [0.15, 0.2) is 0 Å². The van der Waals surface area contributed by atoms with Crippen LogP contribution < -0.4 is 5.32 Å². The fraction of sp³-hybridized carbons (Fsp3) is 0.308. The number of aromatic nitrogens is 1. The summed E-state index contributed by atoms with van der Waals surface area (Å²) in [6.45, 7) is 3.73. The molecule has 1 fully saturated rings. The Bertz CT molecular complexity index is 918. The fourth-order valence-corrected chi connectivity index (χ4v) is 4.10. The van der Waals surface area contributed by atoms with Crippen molar-refractivity contribution in [3.05, 3.63) is 101 Å². The van der Waals surface area contributed by atoms with E-state index in [9.17, 15) is 4.79 Å². The van der Waals surface area contributed by atoms with Gasteiger partial charge in [0.1, 0.15) is 0 Å². The second-order valence-corrected chi connectivity index (χ2v) is 8.15. The maximum absolute atomic E-state index is 12.4. The molecule has 0 radical (unpaired) electrons. The number of likely N-dealkylation sites (tertiary alicyclic amines) is 1. The van der Waals surface area contributed by atoms with E-state index in [4.69, 9.17) is 0 Å². The molecule has 0 aliphatic carbocycles. The number of hydrogen-bond acceptors (Lipinski definition) is 3. The summed E-state index contributed by atoms with van der Waals surface area (Å²) < 4.78 is 0. The molecule has 1 aliphatic heterocycles. The van der Waals surface area contributed by atoms with E-state index < -0.39 is 0 Å². The Morgan fingerprint density at radius 3 is 2.33 bits per heavy atom. The Hall–Kier alpha value is -2.98. The number of carbonyl (C=O) groups excluding carboxylic acids is 1. The average molecular weight is 400 g/mol. The summed E-state index contributed by atoms with van der Waals surface area (Å²) in [6, 6.07) is 22.7. The van der Waals surface area contributed by atoms with Crippen molar-refractivity contribution in [1.29, 1.82) is 0 Å². The molecule has 0 unspecified atom stereocenters. The number of carbonyl (C=O) groups is 1. The predicted octanol–water partition coefficient (Wildman–Crippen LogP) is 4.47. The molecule has 4 rings (SSSR count). The quantitative estimate of drug-likeness (QED) is 0.638. The first-order chi connectivity index (χ1) is 14.8. The molecule has 0 saturated carbocycles. The Morgan fingerprint density at radius 2 is 1.63 bits per heavy atom. The van der Waals surface area contributed by atoms with Crippen molar-refractivity contribution in [3.63, 3.8) is 0 Å². The van der Waals surface area contributed by atoms with Crippen LogP contribution in [-0.2, 0) is 19.5 Å². The number of hydrogen-bond donors (Lipinski definition) is 1. The maximum Gasteiger partial charge on any atom is 0.251 e. The van der Waals surface area contributed by atoms with Crippen LogP contribution in [0.3, 0.4) is 0 Å². The Labute approximate surface area is 179 Å². The highest BCUT2D eigenvalue weighted by atomic mass is 16.1. The number of pyridine rings is 1. The third-order valence-electron chi connectivity index (χ3n) is 5.87. The number of benzene rings is 2. The van der Waals surface area contributed by atoms with Crippen molar-refractivity contribution in [2.75, 3.05) is 13.1 Å². The van der Waals surface area contributed by atoms with Crippen molar-refractivity contribution in [1.82, 2.24) is 15.2 Å². The molecular formula is C26H29N3O. The highest BCUT2D eigenvalue weighted by molar-refractivity contribution is 5.94. The normalized spacial score (nSPS) is 15.1. The van der Waals surface area contributed by atoms with Crippen LogP contribution in [0.5, 0.6) is 0 Å². The number of nitrogens with one attached hydrogen (secondary N) is 1. The molecule has 0 spiro atoms. The predicted molar refractivity (Wildman–Crippen MR) is 120 cm³/mol. The van der Waals surface area contributed by atoms with Crippen molar-refractivity contribution in [2.45, 2.75) is 32.4 Å². The monoisotopic (exact) mass is 399 g/mol. The number of piperidine rings is 1. The van der Waals surface area contributed by atoms with Crippen LogP contribution in [0.1, 0.15) is 39.9 Å². The lowest BCUT2D eigenvalue weighted by Crippen LogP contribution is -2.33. The Balaban J connectivity index is 1.22. The zero-order valence-electron chi connectivity index (χ0n) is 17.3. The molecular weight excluding hydrogens is 370 g/mol. The van der Waals surface area contributed by atoms with Gasteiger partial charge in [0, 0.05) is 31.0 Å². The second-order valence-electron chi connectivity index (χ2n) is 8.15. The van der Waals surface area contributed by atoms with Gasteiger partial charge in [0.2, 0.25) is 0 Å². The van der Waals surface area contributed by atoms with Gasteiger partial charge in [0.05, 0.1) is 0 Å². The summed E-state index contributed by atoms with van der Waals surface area (Å²) in [5, 5.41) is 2.95. The lowest BCUT2D eigenvalue weighted by Gasteiger charge is -2.32. The lowest BCUT2D eigenvalue weighted by molar-refractivity contribution is 0.0951. The van der Waals surface area contributed by atoms with Crippen molar-refractivity contribution in [2.24, 2.45) is 5.92 Å². The molecule has 2 heterocycles. The summed E-state index contributed by atoms with van der Waals surface area (Å²) in [5.41, 5.74) is 4.41. The van der Waals surface area contributed by atoms with E-state index in [1.165, 1.54) is 30.4 Å². The standard InChI is InChI=1S/C26H29N3O/c30-26(28-19-24-7-4-14-27-18-24)25-10-8-23(9-11-25)20-29-15-12-22(13-16-29)17-21-5-2-1-3-6-21/h1-11,14,18,22H,12-13,15-17,19-20H2,(H,28,30). The highest BCUT2D eigenvalue weighted by Crippen LogP contribution is 2.23. The average Bonchev–Trinajstić information content (AvgIpc) is 2.81. The number of rotatable bonds is 7. The SMILES string of the molecule is O=C(NCc1cccnc1)c1ccc(CN2CCC(Cc3ccccc3)CC2)cc1. The van der Waals surface area contributed by atoms with Crippen LogP contribution >= 0.6 is 0 Å². The molecule has 1 saturated heterocycles. The van der Waals surface area contributed by atoms with E-state index >= 15 is 0 Å². The van der Waals surface area contributed by atoms with E-state index in [1.54, 1.807) is 12.4 Å². The van der Waals surface area contributed by atoms with E-state index in [1.807, 2.05) is 24.3 Å². The lowest BCUT2D eigenvalue weighted by atomic mass is 9.90. The van der Waals surface area contributed by atoms with Gasteiger partial charge in [-0.05, 0) is 73.2 Å². The van der Waals surface area contributed by atoms with Gasteiger partial charge in [-0.3, -0.25) is 14.7 Å². The molecule has 4 heteroatoms. The minimum Gasteiger partial charge on any atom is -0.348 e. The van der Waals surface area contributed by atoms with Crippen LogP contribution in [0, 0.1) is 5.92 Å². The maximum atomic E-state index is 12.4. The zero-order chi connectivity index (χ0) is 20.6. The molecule has 4 nitrogen and oxygen atoms in total. The second kappa shape index (κ2) is 10.2. The van der Waals surface area contributed by atoms with Crippen LogP contribution in [0.4, 0.5) is 0 Å². The van der Waals surface area contributed by atoms with Crippen molar-refractivity contribution < 1.29 is 4.79 Å². The summed E-state index contributed by atoms with van der Waals surface area (Å²) >= 11 is 0. The summed E-state index contributed by atoms with van der Waals surface area (Å²) in [5.74, 6) is 0.738. The summed E-state index contributed by atoms with van der Waals surface area (Å²) in [6.07, 6.45) is 7.20. The van der Waals surface area contributed by atoms with Gasteiger partial charge in [-0.1, -0.05) is 48.5 Å². The van der Waals surface area contributed by atoms with Gasteiger partial charge in [0.25, 0.3) is 5.91 Å². The first kappa shape index (κ1) is 20.3. The first-order valence-electron chi connectivity index (χ1n) is 10.8. The van der Waals surface area contributed by atoms with Gasteiger partial charge in [-0.2, -0.15) is 0 Å². The molecule has 1 aromatic heterocycles. The van der Waals surface area contributed by atoms with E-state index in [0.29, 0.717) is 12.1 Å². The number of nitrogens with zero attached hydrogens (tertiary/aromatic N) is 2. The van der Waals surface area contributed by atoms with Gasteiger partial charge in [-0.25, -0.2) is 0 Å². The molecule has 1 aliphatic rings. The van der Waals surface area contributed by atoms with Gasteiger partial charge in [-0.15, -0.1) is 0 Å². The first-order valence-corrected chi connectivity index (χ1v) is 10.8. The molecule has 30 heavy (non-hydrogen) atoms. The van der Waals surface area contributed by atoms with Gasteiger partial charge < -0.3 is 5.32 Å². The molecule has 154 valence electrons. The van der Waals surface area contributed by atoms with Crippen LogP contribution in [-0.4, -0.2) is 28.9 Å². The minimum atomic E-state index is -0.0490. The van der Waals surface area contributed by atoms with Gasteiger partial charge >= 0.3 is 0 Å². The molecule has 0 atom stereocenters. The van der Waals surface area contributed by atoms with Crippen molar-refractivity contribution >= 4 is 5.91 Å². The molecule has 0 bridgehead atoms. The fourth-order valence-electron chi connectivity index (χ4n) is 4.10. The molecule has 1 amide bonds. The number of amides is 1. The van der Waals surface area contributed by atoms with Crippen molar-refractivity contribution in [3.8, 4) is 0 Å². The Kier molecular flexibility index (Phi) is 6.88. The third kappa shape index (κ3) is 5.77. The largest absolute Gasteiger partial charge is 0.348 e. The Morgan fingerprint density at radius 1 is 0.900 bits per heavy atom. The summed E-state index contributed by atoms with van der Waals surface area (Å²) in [7, 11) is 0. The zero-order valence-corrected chi connectivity index (χ0v) is 17.3. The molecule has 3 aromatic rings. The summed E-state index contributed by atoms with van der Waals surface area (Å²) in [4.78, 5) is 19.0. The molecule has 2 aromatic carbocycles. The van der Waals surface area contributed by atoms with Crippen LogP contribution in [0.2, 0.25) is 0 Å². The minimum absolute atomic E-state index is 0.0490. The van der Waals surface area contributed by atoms with E-state index in [2.05, 4.69) is 57.7 Å². The topological polar surface area (TPSA) is 45.2 Å². The van der Waals surface area contributed by atoms with Crippen LogP contribution in [0.15, 0.2) is 79.1 Å².